The zero-order valence-electron chi connectivity index (χ0n) is 36.7. The van der Waals surface area contributed by atoms with Gasteiger partial charge in [-0.1, -0.05) is 163 Å². The van der Waals surface area contributed by atoms with E-state index in [4.69, 9.17) is 0 Å². The van der Waals surface area contributed by atoms with Crippen LogP contribution in [-0.4, -0.2) is 11.6 Å². The fraction of sp³-hybridized carbons (Fsp3) is 0.444. The average Bonchev–Trinajstić information content (AvgIpc) is 3.85. The Labute approximate surface area is 392 Å². The molecule has 0 amide bonds. The SMILES string of the molecule is CCCc1ccc(-c2cccc3[cH-]c(CC4CCCCC4)cc23)cc1.CCCc1ccc(-c2cccc3[cH-]c(CC4CCCCC4)cc23)cc1.C[Si](=[Zr+2])CCC(F)(F)F.[Cl-].[Cl-]. The maximum absolute atomic E-state index is 11.4. The van der Waals surface area contributed by atoms with E-state index < -0.39 is 18.0 Å². The standard InChI is InChI=1S/2C25H29.C4H7F3Si.2ClH.Zr/c2*1-2-7-19-12-14-22(15-13-19)24-11-6-10-23-17-21(18-25(23)24)16-20-8-4-3-5-9-20;1-8-3-2-4(5,6)7;;;/h2*6,10-15,17-18,20H,2-5,7-9,16H2,1H3;2-3H2,1H3;2*1H;/q2*-1;;;;+2/p-2. The van der Waals surface area contributed by atoms with E-state index in [0.717, 1.165) is 11.8 Å². The van der Waals surface area contributed by atoms with Gasteiger partial charge >= 0.3 is 67.1 Å². The van der Waals surface area contributed by atoms with E-state index in [-0.39, 0.29) is 24.8 Å². The number of hydrogen-bond acceptors (Lipinski definition) is 0. The second-order valence-electron chi connectivity index (χ2n) is 17.5. The van der Waals surface area contributed by atoms with Gasteiger partial charge in [0, 0.05) is 0 Å². The molecule has 2 aliphatic rings. The van der Waals surface area contributed by atoms with Crippen molar-refractivity contribution in [2.45, 2.75) is 142 Å². The summed E-state index contributed by atoms with van der Waals surface area (Å²) in [5.74, 6) is 1.81. The summed E-state index contributed by atoms with van der Waals surface area (Å²) in [6.45, 7) is 6.41. The summed E-state index contributed by atoms with van der Waals surface area (Å²) in [4.78, 5) is 0. The third-order valence-electron chi connectivity index (χ3n) is 12.5. The fourth-order valence-corrected chi connectivity index (χ4v) is 11.0. The minimum Gasteiger partial charge on any atom is -1.00 e. The summed E-state index contributed by atoms with van der Waals surface area (Å²) in [6, 6.07) is 42.1. The molecule has 2 fully saturated rings. The van der Waals surface area contributed by atoms with Crippen molar-refractivity contribution in [1.82, 2.24) is 0 Å². The zero-order chi connectivity index (χ0) is 41.6. The van der Waals surface area contributed by atoms with E-state index in [9.17, 15) is 13.2 Å². The Morgan fingerprint density at radius 2 is 0.984 bits per heavy atom. The largest absolute Gasteiger partial charge is 1.00 e. The number of hydrogen-bond donors (Lipinski definition) is 0. The van der Waals surface area contributed by atoms with E-state index in [1.165, 1.54) is 192 Å². The number of fused-ring (bicyclic) bond motifs is 2. The molecule has 326 valence electrons. The molecule has 0 N–H and O–H groups in total. The molecule has 8 rings (SSSR count). The van der Waals surface area contributed by atoms with Crippen LogP contribution in [0.25, 0.3) is 43.8 Å². The van der Waals surface area contributed by atoms with E-state index >= 15 is 0 Å². The zero-order valence-corrected chi connectivity index (χ0v) is 41.6. The maximum Gasteiger partial charge on any atom is -1.00 e. The number of alkyl halides is 3. The Morgan fingerprint density at radius 3 is 1.31 bits per heavy atom. The second kappa shape index (κ2) is 25.8. The van der Waals surface area contributed by atoms with E-state index in [0.29, 0.717) is 6.04 Å². The van der Waals surface area contributed by atoms with Crippen LogP contribution in [0.4, 0.5) is 13.2 Å². The predicted octanol–water partition coefficient (Wildman–Crippen LogP) is 10.7. The monoisotopic (exact) mass is 958 g/mol. The molecule has 2 aliphatic carbocycles. The summed E-state index contributed by atoms with van der Waals surface area (Å²) in [5, 5.41) is 5.66. The van der Waals surface area contributed by atoms with Crippen molar-refractivity contribution >= 4 is 27.0 Å². The van der Waals surface area contributed by atoms with E-state index in [1.807, 2.05) is 6.55 Å². The van der Waals surface area contributed by atoms with Crippen molar-refractivity contribution in [2.24, 2.45) is 11.8 Å². The predicted molar refractivity (Wildman–Crippen MR) is 246 cm³/mol. The van der Waals surface area contributed by atoms with Crippen LogP contribution in [0.3, 0.4) is 0 Å². The van der Waals surface area contributed by atoms with Crippen molar-refractivity contribution in [3.05, 3.63) is 131 Å². The van der Waals surface area contributed by atoms with Crippen molar-refractivity contribution in [3.8, 4) is 22.3 Å². The molecular formula is C54H65Cl2F3SiZr-2. The summed E-state index contributed by atoms with van der Waals surface area (Å²) in [6.07, 6.45) is 17.1. The molecule has 0 atom stereocenters. The molecule has 0 nitrogen and oxygen atoms in total. The van der Waals surface area contributed by atoms with Crippen LogP contribution in [-0.2, 0) is 49.0 Å². The average molecular weight is 961 g/mol. The van der Waals surface area contributed by atoms with Crippen LogP contribution in [0, 0.1) is 11.8 Å². The van der Waals surface area contributed by atoms with Crippen LogP contribution in [0.2, 0.25) is 12.6 Å². The Bertz CT molecular complexity index is 2040. The summed E-state index contributed by atoms with van der Waals surface area (Å²) >= 11 is 1.29. The first-order chi connectivity index (χ1) is 28.6. The van der Waals surface area contributed by atoms with Crippen molar-refractivity contribution in [2.75, 3.05) is 0 Å². The van der Waals surface area contributed by atoms with E-state index in [2.05, 4.69) is 123 Å². The van der Waals surface area contributed by atoms with Gasteiger partial charge in [-0.25, -0.2) is 0 Å². The molecule has 7 heteroatoms. The number of rotatable bonds is 12. The molecule has 0 spiro atoms. The molecule has 0 aliphatic heterocycles. The van der Waals surface area contributed by atoms with Gasteiger partial charge in [-0.05, 0) is 59.8 Å². The Morgan fingerprint density at radius 1 is 0.590 bits per heavy atom. The quantitative estimate of drug-likeness (QED) is 0.0847. The van der Waals surface area contributed by atoms with Gasteiger partial charge in [0.05, 0.1) is 0 Å². The molecule has 0 heterocycles. The van der Waals surface area contributed by atoms with Gasteiger partial charge in [0.2, 0.25) is 0 Å². The first-order valence-electron chi connectivity index (χ1n) is 22.7. The smallest absolute Gasteiger partial charge is 1.00 e. The third kappa shape index (κ3) is 16.0. The van der Waals surface area contributed by atoms with Crippen LogP contribution in [0.15, 0.2) is 109 Å². The van der Waals surface area contributed by atoms with Crippen LogP contribution in [0.5, 0.6) is 0 Å². The molecule has 0 bridgehead atoms. The molecule has 2 saturated carbocycles. The van der Waals surface area contributed by atoms with Gasteiger partial charge in [0.15, 0.2) is 0 Å². The topological polar surface area (TPSA) is 0 Å². The van der Waals surface area contributed by atoms with Crippen LogP contribution >= 0.6 is 0 Å². The van der Waals surface area contributed by atoms with Crippen LogP contribution in [0.1, 0.15) is 120 Å². The normalized spacial score (nSPS) is 14.6. The molecular weight excluding hydrogens is 896 g/mol. The van der Waals surface area contributed by atoms with Gasteiger partial charge in [0.25, 0.3) is 0 Å². The Hall–Kier alpha value is -2.43. The summed E-state index contributed by atoms with van der Waals surface area (Å²) in [7, 11) is 0. The summed E-state index contributed by atoms with van der Waals surface area (Å²) in [5.41, 5.74) is 10.8. The van der Waals surface area contributed by atoms with Gasteiger partial charge in [-0.15, -0.1) is 69.1 Å². The Balaban J connectivity index is 0.000000219. The first-order valence-corrected chi connectivity index (χ1v) is 28.6. The number of aryl methyl sites for hydroxylation is 2. The molecule has 0 unspecified atom stereocenters. The van der Waals surface area contributed by atoms with Crippen molar-refractivity contribution in [1.29, 1.82) is 0 Å². The first kappa shape index (κ1) is 51.2. The van der Waals surface area contributed by atoms with Gasteiger partial charge in [-0.2, -0.15) is 12.1 Å². The van der Waals surface area contributed by atoms with Crippen molar-refractivity contribution in [3.63, 3.8) is 0 Å². The molecule has 0 radical (unpaired) electrons. The molecule has 61 heavy (non-hydrogen) atoms. The molecule has 6 aromatic rings. The molecule has 6 aromatic carbocycles. The number of halogens is 5. The minimum absolute atomic E-state index is 0. The minimum atomic E-state index is -3.93. The van der Waals surface area contributed by atoms with Crippen molar-refractivity contribution < 1.29 is 61.3 Å². The third-order valence-corrected chi connectivity index (χ3v) is 15.4. The van der Waals surface area contributed by atoms with Gasteiger partial charge in [0.1, 0.15) is 0 Å². The van der Waals surface area contributed by atoms with Gasteiger partial charge < -0.3 is 24.8 Å². The molecule has 0 aromatic heterocycles. The fourth-order valence-electron chi connectivity index (χ4n) is 9.39. The number of benzene rings is 4. The molecule has 0 saturated heterocycles. The second-order valence-corrected chi connectivity index (χ2v) is 25.9. The van der Waals surface area contributed by atoms with E-state index in [1.54, 1.807) is 0 Å². The summed E-state index contributed by atoms with van der Waals surface area (Å²) < 4.78 is 34.3. The van der Waals surface area contributed by atoms with Crippen LogP contribution < -0.4 is 24.8 Å². The van der Waals surface area contributed by atoms with Gasteiger partial charge in [-0.3, -0.25) is 0 Å². The Kier molecular flexibility index (Phi) is 21.6. The maximum atomic E-state index is 11.4.